The molecule has 0 saturated heterocycles. The number of aromatic hydroxyl groups is 2. The van der Waals surface area contributed by atoms with Crippen LogP contribution in [-0.4, -0.2) is 113 Å². The largest absolute Gasteiger partial charge is 0.507 e. The van der Waals surface area contributed by atoms with Crippen LogP contribution in [0.3, 0.4) is 0 Å². The number of benzene rings is 6. The van der Waals surface area contributed by atoms with Crippen LogP contribution >= 0.6 is 0 Å². The number of aliphatic hydroxyl groups excluding tert-OH is 2. The normalized spacial score (nSPS) is 22.4. The molecule has 0 spiro atoms. The van der Waals surface area contributed by atoms with Crippen molar-refractivity contribution in [3.05, 3.63) is 177 Å². The van der Waals surface area contributed by atoms with Crippen LogP contribution in [0.4, 0.5) is 0 Å². The lowest BCUT2D eigenvalue weighted by Crippen LogP contribution is -2.62. The number of aromatic amines is 1. The van der Waals surface area contributed by atoms with Gasteiger partial charge < -0.3 is 60.1 Å². The van der Waals surface area contributed by atoms with Crippen molar-refractivity contribution in [3.8, 4) is 51.7 Å². The average molecular weight is 1160 g/mol. The Bertz CT molecular complexity index is 3640. The first-order valence-electron chi connectivity index (χ1n) is 31.0. The first-order chi connectivity index (χ1) is 41.8. The van der Waals surface area contributed by atoms with Gasteiger partial charge in [0.2, 0.25) is 0 Å². The fourth-order valence-electron chi connectivity index (χ4n) is 14.5. The molecule has 0 amide bonds. The first kappa shape index (κ1) is 59.2. The van der Waals surface area contributed by atoms with Crippen molar-refractivity contribution in [1.82, 2.24) is 26.3 Å². The topological polar surface area (TPSA) is 202 Å². The summed E-state index contributed by atoms with van der Waals surface area (Å²) in [5.74, 6) is 8.86. The average Bonchev–Trinajstić information content (AvgIpc) is 0.813. The fourth-order valence-corrected chi connectivity index (χ4v) is 14.5. The van der Waals surface area contributed by atoms with Crippen molar-refractivity contribution in [3.63, 3.8) is 0 Å². The Labute approximate surface area is 505 Å². The minimum Gasteiger partial charge on any atom is -0.507 e. The van der Waals surface area contributed by atoms with E-state index in [1.54, 1.807) is 0 Å². The van der Waals surface area contributed by atoms with Crippen molar-refractivity contribution in [1.29, 1.82) is 0 Å². The van der Waals surface area contributed by atoms with Gasteiger partial charge in [-0.05, 0) is 182 Å². The summed E-state index contributed by atoms with van der Waals surface area (Å²) >= 11 is 0. The van der Waals surface area contributed by atoms with Gasteiger partial charge in [0.25, 0.3) is 0 Å². The van der Waals surface area contributed by atoms with Crippen LogP contribution in [0.15, 0.2) is 121 Å². The number of hydrogen-bond acceptors (Lipinski definition) is 13. The Kier molecular flexibility index (Phi) is 17.7. The highest BCUT2D eigenvalue weighted by Gasteiger charge is 2.55. The lowest BCUT2D eigenvalue weighted by atomic mass is 9.62. The zero-order valence-electron chi connectivity index (χ0n) is 50.0. The Morgan fingerprint density at radius 3 is 2.38 bits per heavy atom. The van der Waals surface area contributed by atoms with E-state index in [4.69, 9.17) is 18.9 Å². The van der Waals surface area contributed by atoms with Crippen molar-refractivity contribution in [2.24, 2.45) is 5.92 Å². The summed E-state index contributed by atoms with van der Waals surface area (Å²) in [6.07, 6.45) is 7.86. The maximum atomic E-state index is 12.2. The number of rotatable bonds is 22. The number of aliphatic hydroxyl groups is 3. The number of fused-ring (bicyclic) bond motifs is 12. The number of phenolic OH excluding ortho intramolecular Hbond substituents is 2. The lowest BCUT2D eigenvalue weighted by Gasteiger charge is -2.50. The van der Waals surface area contributed by atoms with Gasteiger partial charge in [-0.1, -0.05) is 98.5 Å². The van der Waals surface area contributed by atoms with Crippen LogP contribution in [-0.2, 0) is 43.3 Å². The summed E-state index contributed by atoms with van der Waals surface area (Å²) in [6.45, 7) is 7.68. The van der Waals surface area contributed by atoms with Crippen LogP contribution in [0.5, 0.6) is 28.7 Å². The highest BCUT2D eigenvalue weighted by atomic mass is 16.6. The molecule has 14 nitrogen and oxygen atoms in total. The summed E-state index contributed by atoms with van der Waals surface area (Å²) in [4.78, 5) is 3.41. The Morgan fingerprint density at radius 2 is 1.62 bits per heavy atom. The van der Waals surface area contributed by atoms with Crippen molar-refractivity contribution in [2.75, 3.05) is 53.3 Å². The molecule has 2 bridgehead atoms. The van der Waals surface area contributed by atoms with Crippen LogP contribution < -0.4 is 35.5 Å². The smallest absolute Gasteiger partial charge is 0.162 e. The molecule has 4 heterocycles. The van der Waals surface area contributed by atoms with Gasteiger partial charge in [-0.25, -0.2) is 0 Å². The molecular weight excluding hydrogens is 1080 g/mol. The quantitative estimate of drug-likeness (QED) is 0.0175. The van der Waals surface area contributed by atoms with Crippen molar-refractivity contribution >= 4 is 17.0 Å². The van der Waals surface area contributed by atoms with Gasteiger partial charge in [-0.2, -0.15) is 0 Å². The number of aromatic nitrogens is 1. The number of hydrogen-bond donors (Lipinski definition) is 10. The highest BCUT2D eigenvalue weighted by molar-refractivity contribution is 5.90. The molecule has 5 aliphatic rings. The summed E-state index contributed by atoms with van der Waals surface area (Å²) in [6, 6.07) is 36.6. The van der Waals surface area contributed by atoms with E-state index < -0.39 is 35.6 Å². The Morgan fingerprint density at radius 1 is 0.826 bits per heavy atom. The molecular formula is C72H83N5O9. The van der Waals surface area contributed by atoms with E-state index in [-0.39, 0.29) is 68.0 Å². The number of ether oxygens (including phenoxy) is 4. The molecule has 0 radical (unpaired) electrons. The molecule has 0 fully saturated rings. The monoisotopic (exact) mass is 1160 g/mol. The van der Waals surface area contributed by atoms with Crippen LogP contribution in [0.25, 0.3) is 28.1 Å². The molecule has 8 atom stereocenters. The fraction of sp³-hybridized carbons (Fsp3) is 0.417. The standard InChI is InChI=1S/C72H83N5O9/c1-44(2)36-71(3,82)41-75-42-77-63-19-11-18-52(39-78)84-62-34-50(32-49(67(62)81)21-20-46-15-9-6-10-16-46)70-72(63,83-43-73-4)37-59-56-35-58-64(48-22-26-60-47(31-48)28-30-76-60)51(38-74-29-12-17-45-13-7-5-8-14-45)33-57-61(80)27-25-54(65(57)58)66(56)69-55(68(59)86-70)24-23-53(40-79)85-69/h5-10,13-16,22,25-28,30-34,44,52-53,58,63-64,70,73-82H,12,17-18,20-21,23-24,29,35-43H2,1-4H3/t52-,53+,58+,63-,64-,70-,71+,72+/m1/s1. The number of aryl methyl sites for hydroxylation is 3. The minimum absolute atomic E-state index is 0.00641. The zero-order valence-corrected chi connectivity index (χ0v) is 50.0. The molecule has 10 N–H and O–H groups in total. The van der Waals surface area contributed by atoms with Gasteiger partial charge in [0, 0.05) is 72.5 Å². The third-order valence-electron chi connectivity index (χ3n) is 18.3. The van der Waals surface area contributed by atoms with E-state index in [1.807, 2.05) is 56.6 Å². The third-order valence-corrected chi connectivity index (χ3v) is 18.3. The molecule has 0 saturated carbocycles. The van der Waals surface area contributed by atoms with E-state index >= 15 is 0 Å². The van der Waals surface area contributed by atoms with Crippen molar-refractivity contribution in [2.45, 2.75) is 132 Å². The molecule has 12 rings (SSSR count). The summed E-state index contributed by atoms with van der Waals surface area (Å²) in [5, 5.41) is 73.2. The predicted molar refractivity (Wildman–Crippen MR) is 337 cm³/mol. The van der Waals surface area contributed by atoms with E-state index in [9.17, 15) is 25.5 Å². The molecule has 7 aromatic rings. The van der Waals surface area contributed by atoms with Crippen LogP contribution in [0, 0.1) is 17.8 Å². The Balaban J connectivity index is 1.04. The Hall–Kier alpha value is -7.16. The van der Waals surface area contributed by atoms with E-state index in [0.717, 1.165) is 74.8 Å². The molecule has 14 heteroatoms. The number of phenols is 2. The third kappa shape index (κ3) is 12.0. The lowest BCUT2D eigenvalue weighted by molar-refractivity contribution is -0.141. The van der Waals surface area contributed by atoms with E-state index in [1.165, 1.54) is 16.7 Å². The summed E-state index contributed by atoms with van der Waals surface area (Å²) < 4.78 is 29.1. The highest BCUT2D eigenvalue weighted by Crippen LogP contribution is 2.62. The predicted octanol–water partition coefficient (Wildman–Crippen LogP) is 9.82. The van der Waals surface area contributed by atoms with Gasteiger partial charge in [-0.3, -0.25) is 10.6 Å². The second-order valence-electron chi connectivity index (χ2n) is 25.1. The first-order valence-corrected chi connectivity index (χ1v) is 31.0. The molecule has 6 aromatic carbocycles. The zero-order chi connectivity index (χ0) is 59.5. The molecule has 3 aliphatic heterocycles. The van der Waals surface area contributed by atoms with Crippen molar-refractivity contribution < 1.29 is 44.5 Å². The van der Waals surface area contributed by atoms with Gasteiger partial charge in [-0.15, -0.1) is 0 Å². The molecule has 86 heavy (non-hydrogen) atoms. The van der Waals surface area contributed by atoms with Crippen LogP contribution in [0.2, 0.25) is 0 Å². The second kappa shape index (κ2) is 25.7. The minimum atomic E-state index is -1.32. The SMILES string of the molecule is CNCO[C@]12Cc3c4c(c5c(c3O[C@@H]1c1cc(CCc3ccccc3)c(O)c(c1)O[C@@H](CO)CC#C[C@H]2NCNC[C@@](C)(O)CC(C)C)CC[C@@H](CO)O5)-c1ccc(O)c2c1[C@@H](C4)[C@H](c1ccc3[nH]ccc3c1)C(CNCCCc1ccccc1)=C2. The molecule has 0 unspecified atom stereocenters. The van der Waals surface area contributed by atoms with Gasteiger partial charge in [0.15, 0.2) is 17.6 Å². The van der Waals surface area contributed by atoms with Gasteiger partial charge in [0.1, 0.15) is 41.1 Å². The van der Waals surface area contributed by atoms with E-state index in [2.05, 4.69) is 131 Å². The second-order valence-corrected chi connectivity index (χ2v) is 25.1. The van der Waals surface area contributed by atoms with E-state index in [0.29, 0.717) is 80.7 Å². The maximum absolute atomic E-state index is 12.2. The number of nitrogens with one attached hydrogen (secondary N) is 5. The van der Waals surface area contributed by atoms with Crippen LogP contribution in [0.1, 0.15) is 120 Å². The summed E-state index contributed by atoms with van der Waals surface area (Å²) in [5.41, 5.74) is 11.6. The number of H-pyrrole nitrogens is 1. The molecule has 1 aromatic heterocycles. The molecule has 2 aliphatic carbocycles. The molecule has 450 valence electrons. The van der Waals surface area contributed by atoms with Gasteiger partial charge in [0.05, 0.1) is 25.5 Å². The summed E-state index contributed by atoms with van der Waals surface area (Å²) in [7, 11) is 1.86. The maximum Gasteiger partial charge on any atom is 0.162 e. The van der Waals surface area contributed by atoms with Gasteiger partial charge >= 0.3 is 0 Å².